The van der Waals surface area contributed by atoms with E-state index in [0.29, 0.717) is 0 Å². The van der Waals surface area contributed by atoms with Crippen molar-refractivity contribution in [2.24, 2.45) is 0 Å². The molecule has 1 N–H and O–H groups in total. The molecule has 0 radical (unpaired) electrons. The third kappa shape index (κ3) is 3.06. The van der Waals surface area contributed by atoms with E-state index in [1.54, 1.807) is 22.3 Å². The largest absolute Gasteiger partial charge is 0.378 e. The van der Waals surface area contributed by atoms with Gasteiger partial charge < -0.3 is 5.32 Å². The number of halogens is 1. The van der Waals surface area contributed by atoms with E-state index >= 15 is 0 Å². The molecule has 0 aliphatic rings. The van der Waals surface area contributed by atoms with Crippen LogP contribution in [-0.2, 0) is 0 Å². The SMILES string of the molecule is Cc1cc(NC(C)c2csc(Cl)c2)ccc1-n1cnnn1. The Morgan fingerprint density at radius 2 is 2.19 bits per heavy atom. The topological polar surface area (TPSA) is 55.6 Å². The van der Waals surface area contributed by atoms with Crippen LogP contribution in [0.15, 0.2) is 36.0 Å². The summed E-state index contributed by atoms with van der Waals surface area (Å²) < 4.78 is 2.46. The quantitative estimate of drug-likeness (QED) is 0.793. The van der Waals surface area contributed by atoms with Gasteiger partial charge in [0.15, 0.2) is 0 Å². The first-order chi connectivity index (χ1) is 10.1. The van der Waals surface area contributed by atoms with Gasteiger partial charge in [-0.1, -0.05) is 11.6 Å². The molecule has 2 aromatic heterocycles. The highest BCUT2D eigenvalue weighted by molar-refractivity contribution is 7.14. The summed E-state index contributed by atoms with van der Waals surface area (Å²) in [5, 5.41) is 16.8. The second-order valence-electron chi connectivity index (χ2n) is 4.81. The fourth-order valence-electron chi connectivity index (χ4n) is 2.16. The lowest BCUT2D eigenvalue weighted by Gasteiger charge is -2.15. The minimum Gasteiger partial charge on any atom is -0.378 e. The van der Waals surface area contributed by atoms with Crippen LogP contribution < -0.4 is 5.32 Å². The Bertz CT molecular complexity index is 738. The van der Waals surface area contributed by atoms with Gasteiger partial charge in [-0.3, -0.25) is 0 Å². The molecule has 0 aliphatic carbocycles. The lowest BCUT2D eigenvalue weighted by Crippen LogP contribution is -2.06. The fourth-order valence-corrected chi connectivity index (χ4v) is 3.14. The number of hydrogen-bond donors (Lipinski definition) is 1. The second-order valence-corrected chi connectivity index (χ2v) is 6.35. The normalized spacial score (nSPS) is 12.3. The molecular weight excluding hydrogens is 306 g/mol. The molecule has 3 rings (SSSR count). The molecule has 0 spiro atoms. The standard InChI is InChI=1S/C14H14ClN5S/c1-9-5-12(3-4-13(9)20-8-16-18-19-20)17-10(2)11-6-14(15)21-7-11/h3-8,10,17H,1-2H3. The molecule has 2 heterocycles. The molecule has 0 amide bonds. The summed E-state index contributed by atoms with van der Waals surface area (Å²) in [5.74, 6) is 0. The summed E-state index contributed by atoms with van der Waals surface area (Å²) in [6.07, 6.45) is 1.59. The molecule has 7 heteroatoms. The van der Waals surface area contributed by atoms with E-state index < -0.39 is 0 Å². The highest BCUT2D eigenvalue weighted by Gasteiger charge is 2.09. The number of benzene rings is 1. The number of rotatable bonds is 4. The molecule has 0 aliphatic heterocycles. The molecule has 0 saturated heterocycles. The summed E-state index contributed by atoms with van der Waals surface area (Å²) in [6.45, 7) is 4.15. The monoisotopic (exact) mass is 319 g/mol. The average molecular weight is 320 g/mol. The zero-order valence-corrected chi connectivity index (χ0v) is 13.2. The molecule has 21 heavy (non-hydrogen) atoms. The number of aryl methyl sites for hydroxylation is 1. The van der Waals surface area contributed by atoms with E-state index in [4.69, 9.17) is 11.6 Å². The first-order valence-electron chi connectivity index (χ1n) is 6.48. The number of tetrazole rings is 1. The molecule has 0 bridgehead atoms. The van der Waals surface area contributed by atoms with Gasteiger partial charge in [0.1, 0.15) is 6.33 Å². The van der Waals surface area contributed by atoms with Crippen LogP contribution in [-0.4, -0.2) is 20.2 Å². The van der Waals surface area contributed by atoms with Gasteiger partial charge in [-0.25, -0.2) is 4.68 Å². The van der Waals surface area contributed by atoms with Crippen molar-refractivity contribution >= 4 is 28.6 Å². The Morgan fingerprint density at radius 3 is 2.81 bits per heavy atom. The highest BCUT2D eigenvalue weighted by Crippen LogP contribution is 2.28. The van der Waals surface area contributed by atoms with Crippen molar-refractivity contribution in [2.45, 2.75) is 19.9 Å². The Hall–Kier alpha value is -1.92. The minimum atomic E-state index is 0.201. The predicted octanol–water partition coefficient (Wildman–Crippen LogP) is 3.86. The maximum atomic E-state index is 5.98. The summed E-state index contributed by atoms with van der Waals surface area (Å²) in [5.41, 5.74) is 4.31. The van der Waals surface area contributed by atoms with Gasteiger partial charge in [0, 0.05) is 11.7 Å². The first-order valence-corrected chi connectivity index (χ1v) is 7.74. The Kier molecular flexibility index (Phi) is 3.90. The third-order valence-electron chi connectivity index (χ3n) is 3.26. The molecule has 0 saturated carbocycles. The molecule has 0 fully saturated rings. The maximum absolute atomic E-state index is 5.98. The number of hydrogen-bond acceptors (Lipinski definition) is 5. The lowest BCUT2D eigenvalue weighted by molar-refractivity contribution is 0.785. The van der Waals surface area contributed by atoms with E-state index in [2.05, 4.69) is 39.2 Å². The summed E-state index contributed by atoms with van der Waals surface area (Å²) in [6, 6.07) is 8.30. The van der Waals surface area contributed by atoms with Crippen LogP contribution >= 0.6 is 22.9 Å². The third-order valence-corrected chi connectivity index (χ3v) is 4.37. The van der Waals surface area contributed by atoms with Crippen molar-refractivity contribution in [3.8, 4) is 5.69 Å². The van der Waals surface area contributed by atoms with Crippen molar-refractivity contribution in [1.29, 1.82) is 0 Å². The van der Waals surface area contributed by atoms with Gasteiger partial charge in [-0.2, -0.15) is 0 Å². The van der Waals surface area contributed by atoms with Crippen molar-refractivity contribution in [2.75, 3.05) is 5.32 Å². The van der Waals surface area contributed by atoms with E-state index in [1.807, 2.05) is 25.1 Å². The number of nitrogens with zero attached hydrogens (tertiary/aromatic N) is 4. The number of aromatic nitrogens is 4. The summed E-state index contributed by atoms with van der Waals surface area (Å²) in [4.78, 5) is 0. The Labute approximate surface area is 131 Å². The van der Waals surface area contributed by atoms with Crippen LogP contribution in [0.1, 0.15) is 24.1 Å². The molecule has 1 unspecified atom stereocenters. The number of thiophene rings is 1. The van der Waals surface area contributed by atoms with Crippen LogP contribution in [0.4, 0.5) is 5.69 Å². The fraction of sp³-hybridized carbons (Fsp3) is 0.214. The average Bonchev–Trinajstić information content (AvgIpc) is 3.10. The molecule has 1 atom stereocenters. The summed E-state index contributed by atoms with van der Waals surface area (Å²) in [7, 11) is 0. The molecule has 108 valence electrons. The zero-order chi connectivity index (χ0) is 14.8. The Morgan fingerprint density at radius 1 is 1.33 bits per heavy atom. The molecular formula is C14H14ClN5S. The van der Waals surface area contributed by atoms with Gasteiger partial charge in [-0.05, 0) is 65.0 Å². The van der Waals surface area contributed by atoms with E-state index in [1.165, 1.54) is 5.56 Å². The summed E-state index contributed by atoms with van der Waals surface area (Å²) >= 11 is 7.53. The van der Waals surface area contributed by atoms with Crippen molar-refractivity contribution in [1.82, 2.24) is 20.2 Å². The zero-order valence-electron chi connectivity index (χ0n) is 11.6. The van der Waals surface area contributed by atoms with Gasteiger partial charge in [-0.15, -0.1) is 16.4 Å². The Balaban J connectivity index is 1.79. The smallest absolute Gasteiger partial charge is 0.143 e. The van der Waals surface area contributed by atoms with Crippen LogP contribution in [0.2, 0.25) is 4.34 Å². The highest BCUT2D eigenvalue weighted by atomic mass is 35.5. The number of anilines is 1. The van der Waals surface area contributed by atoms with E-state index in [9.17, 15) is 0 Å². The van der Waals surface area contributed by atoms with Crippen molar-refractivity contribution in [3.05, 3.63) is 51.4 Å². The molecule has 5 nitrogen and oxygen atoms in total. The number of nitrogens with one attached hydrogen (secondary N) is 1. The van der Waals surface area contributed by atoms with Crippen LogP contribution in [0.3, 0.4) is 0 Å². The van der Waals surface area contributed by atoms with Crippen LogP contribution in [0, 0.1) is 6.92 Å². The minimum absolute atomic E-state index is 0.201. The van der Waals surface area contributed by atoms with Gasteiger partial charge in [0.05, 0.1) is 10.0 Å². The molecule has 3 aromatic rings. The maximum Gasteiger partial charge on any atom is 0.143 e. The van der Waals surface area contributed by atoms with E-state index in [-0.39, 0.29) is 6.04 Å². The van der Waals surface area contributed by atoms with Crippen molar-refractivity contribution in [3.63, 3.8) is 0 Å². The lowest BCUT2D eigenvalue weighted by atomic mass is 10.1. The second kappa shape index (κ2) is 5.83. The predicted molar refractivity (Wildman–Crippen MR) is 85.3 cm³/mol. The van der Waals surface area contributed by atoms with Crippen LogP contribution in [0.25, 0.3) is 5.69 Å². The molecule has 1 aromatic carbocycles. The van der Waals surface area contributed by atoms with Crippen LogP contribution in [0.5, 0.6) is 0 Å². The first kappa shape index (κ1) is 14.0. The van der Waals surface area contributed by atoms with Crippen molar-refractivity contribution < 1.29 is 0 Å². The van der Waals surface area contributed by atoms with Gasteiger partial charge in [0.25, 0.3) is 0 Å². The van der Waals surface area contributed by atoms with E-state index in [0.717, 1.165) is 21.3 Å². The van der Waals surface area contributed by atoms with Gasteiger partial charge >= 0.3 is 0 Å². The van der Waals surface area contributed by atoms with Gasteiger partial charge in [0.2, 0.25) is 0 Å².